The molecule has 2 aliphatic carbocycles. The van der Waals surface area contributed by atoms with Crippen LogP contribution in [0.3, 0.4) is 0 Å². The number of ether oxygens (including phenoxy) is 1. The lowest BCUT2D eigenvalue weighted by molar-refractivity contribution is 0.0519. The number of alkyl carbamates (subject to hydrolysis) is 1. The van der Waals surface area contributed by atoms with Gasteiger partial charge < -0.3 is 15.2 Å². The Bertz CT molecular complexity index is 284. The summed E-state index contributed by atoms with van der Waals surface area (Å²) in [5.74, 6) is 0.400. The summed E-state index contributed by atoms with van der Waals surface area (Å²) in [5.41, 5.74) is -0.211. The van der Waals surface area contributed by atoms with Crippen molar-refractivity contribution in [3.63, 3.8) is 0 Å². The molecule has 2 fully saturated rings. The molecule has 15 heavy (non-hydrogen) atoms. The fourth-order valence-electron chi connectivity index (χ4n) is 2.29. The van der Waals surface area contributed by atoms with E-state index in [1.807, 2.05) is 20.8 Å². The van der Waals surface area contributed by atoms with E-state index >= 15 is 0 Å². The number of carbonyl (C=O) groups is 1. The molecule has 0 radical (unpaired) electrons. The molecule has 1 spiro atoms. The summed E-state index contributed by atoms with van der Waals surface area (Å²) < 4.78 is 5.17. The summed E-state index contributed by atoms with van der Waals surface area (Å²) in [6.45, 7) is 5.79. The van der Waals surface area contributed by atoms with Crippen molar-refractivity contribution in [1.29, 1.82) is 0 Å². The zero-order chi connectivity index (χ0) is 11.3. The second-order valence-corrected chi connectivity index (χ2v) is 5.72. The summed E-state index contributed by atoms with van der Waals surface area (Å²) in [6.07, 6.45) is 1.70. The molecule has 0 aromatic carbocycles. The summed E-state index contributed by atoms with van der Waals surface area (Å²) in [6, 6.07) is 0.226. The van der Waals surface area contributed by atoms with E-state index in [1.54, 1.807) is 0 Å². The van der Waals surface area contributed by atoms with Crippen LogP contribution in [0.1, 0.15) is 33.6 Å². The van der Waals surface area contributed by atoms with Crippen LogP contribution >= 0.6 is 0 Å². The first-order valence-corrected chi connectivity index (χ1v) is 5.48. The van der Waals surface area contributed by atoms with Crippen LogP contribution in [0.15, 0.2) is 0 Å². The van der Waals surface area contributed by atoms with Crippen LogP contribution < -0.4 is 5.32 Å². The zero-order valence-electron chi connectivity index (χ0n) is 9.54. The molecule has 0 aliphatic heterocycles. The first-order chi connectivity index (χ1) is 6.87. The smallest absolute Gasteiger partial charge is 0.407 e. The predicted octanol–water partition coefficient (Wildman–Crippen LogP) is 1.28. The predicted molar refractivity (Wildman–Crippen MR) is 55.4 cm³/mol. The van der Waals surface area contributed by atoms with Crippen molar-refractivity contribution in [3.8, 4) is 0 Å². The van der Waals surface area contributed by atoms with Gasteiger partial charge in [0.05, 0.1) is 0 Å². The van der Waals surface area contributed by atoms with Crippen molar-refractivity contribution in [2.45, 2.75) is 45.3 Å². The Labute approximate surface area is 90.0 Å². The van der Waals surface area contributed by atoms with Gasteiger partial charge in [0.25, 0.3) is 0 Å². The summed E-state index contributed by atoms with van der Waals surface area (Å²) in [5, 5.41) is 11.8. The van der Waals surface area contributed by atoms with E-state index in [0.29, 0.717) is 5.92 Å². The minimum Gasteiger partial charge on any atom is -0.444 e. The minimum atomic E-state index is -0.438. The molecule has 4 heteroatoms. The molecule has 0 heterocycles. The molecule has 4 nitrogen and oxygen atoms in total. The third-order valence-electron chi connectivity index (χ3n) is 3.31. The maximum atomic E-state index is 11.4. The molecule has 0 saturated heterocycles. The third-order valence-corrected chi connectivity index (χ3v) is 3.31. The highest BCUT2D eigenvalue weighted by atomic mass is 16.6. The molecular formula is C11H19NO3. The van der Waals surface area contributed by atoms with E-state index in [1.165, 1.54) is 0 Å². The monoisotopic (exact) mass is 213 g/mol. The number of nitrogens with one attached hydrogen (secondary N) is 1. The Kier molecular flexibility index (Phi) is 2.23. The van der Waals surface area contributed by atoms with Crippen molar-refractivity contribution in [2.75, 3.05) is 6.61 Å². The van der Waals surface area contributed by atoms with Gasteiger partial charge in [-0.15, -0.1) is 0 Å². The van der Waals surface area contributed by atoms with E-state index in [9.17, 15) is 4.79 Å². The second kappa shape index (κ2) is 3.11. The lowest BCUT2D eigenvalue weighted by Gasteiger charge is -2.19. The molecule has 0 unspecified atom stereocenters. The molecule has 2 rings (SSSR count). The highest BCUT2D eigenvalue weighted by Gasteiger charge is 2.70. The highest BCUT2D eigenvalue weighted by molar-refractivity contribution is 5.69. The average molecular weight is 213 g/mol. The van der Waals surface area contributed by atoms with Crippen LogP contribution in [0.4, 0.5) is 4.79 Å². The standard InChI is InChI=1S/C11H19NO3/c1-10(2,3)15-9(14)12-8-5-11(8)4-7(11)6-13/h7-8,13H,4-6H2,1-3H3,(H,12,14)/t7-,8+,11-/m1/s1. The quantitative estimate of drug-likeness (QED) is 0.726. The van der Waals surface area contributed by atoms with Crippen molar-refractivity contribution in [1.82, 2.24) is 5.32 Å². The van der Waals surface area contributed by atoms with Crippen LogP contribution in [0.2, 0.25) is 0 Å². The molecule has 0 aromatic rings. The summed E-state index contributed by atoms with van der Waals surface area (Å²) in [7, 11) is 0. The molecule has 3 atom stereocenters. The molecule has 2 aliphatic rings. The SMILES string of the molecule is CC(C)(C)OC(=O)N[C@H]1C[C@@]12C[C@@H]2CO. The van der Waals surface area contributed by atoms with Gasteiger partial charge in [-0.3, -0.25) is 0 Å². The van der Waals surface area contributed by atoms with Crippen molar-refractivity contribution < 1.29 is 14.6 Å². The van der Waals surface area contributed by atoms with Gasteiger partial charge in [0.2, 0.25) is 0 Å². The number of rotatable bonds is 2. The Morgan fingerprint density at radius 1 is 1.53 bits per heavy atom. The maximum absolute atomic E-state index is 11.4. The van der Waals surface area contributed by atoms with Gasteiger partial charge in [0.1, 0.15) is 5.60 Å². The molecule has 0 aromatic heterocycles. The van der Waals surface area contributed by atoms with Crippen molar-refractivity contribution in [2.24, 2.45) is 11.3 Å². The van der Waals surface area contributed by atoms with E-state index in [0.717, 1.165) is 12.8 Å². The Morgan fingerprint density at radius 2 is 2.20 bits per heavy atom. The topological polar surface area (TPSA) is 58.6 Å². The maximum Gasteiger partial charge on any atom is 0.407 e. The first kappa shape index (κ1) is 10.7. The van der Waals surface area contributed by atoms with Gasteiger partial charge in [-0.1, -0.05) is 0 Å². The minimum absolute atomic E-state index is 0.226. The van der Waals surface area contributed by atoms with Crippen LogP contribution in [-0.2, 0) is 4.74 Å². The Morgan fingerprint density at radius 3 is 2.67 bits per heavy atom. The van der Waals surface area contributed by atoms with Crippen LogP contribution in [0.5, 0.6) is 0 Å². The zero-order valence-corrected chi connectivity index (χ0v) is 9.54. The van der Waals surface area contributed by atoms with Gasteiger partial charge in [-0.2, -0.15) is 0 Å². The third kappa shape index (κ3) is 2.09. The lowest BCUT2D eigenvalue weighted by atomic mass is 10.2. The van der Waals surface area contributed by atoms with E-state index in [-0.39, 0.29) is 24.2 Å². The Hall–Kier alpha value is -0.770. The summed E-state index contributed by atoms with van der Waals surface area (Å²) in [4.78, 5) is 11.4. The number of aliphatic hydroxyl groups is 1. The lowest BCUT2D eigenvalue weighted by Crippen LogP contribution is -2.34. The van der Waals surface area contributed by atoms with Gasteiger partial charge >= 0.3 is 6.09 Å². The van der Waals surface area contributed by atoms with Crippen LogP contribution in [0, 0.1) is 11.3 Å². The molecule has 1 amide bonds. The van der Waals surface area contributed by atoms with E-state index in [4.69, 9.17) is 9.84 Å². The number of carbonyl (C=O) groups excluding carboxylic acids is 1. The van der Waals surface area contributed by atoms with Gasteiger partial charge in [0, 0.05) is 12.6 Å². The summed E-state index contributed by atoms with van der Waals surface area (Å²) >= 11 is 0. The number of aliphatic hydroxyl groups excluding tert-OH is 1. The van der Waals surface area contributed by atoms with E-state index < -0.39 is 5.60 Å². The highest BCUT2D eigenvalue weighted by Crippen LogP contribution is 2.70. The van der Waals surface area contributed by atoms with Crippen LogP contribution in [0.25, 0.3) is 0 Å². The molecule has 0 bridgehead atoms. The Balaban J connectivity index is 1.74. The molecule has 86 valence electrons. The first-order valence-electron chi connectivity index (χ1n) is 5.48. The van der Waals surface area contributed by atoms with E-state index in [2.05, 4.69) is 5.32 Å². The van der Waals surface area contributed by atoms with Crippen molar-refractivity contribution in [3.05, 3.63) is 0 Å². The number of amides is 1. The molecule has 2 N–H and O–H groups in total. The number of hydrogen-bond acceptors (Lipinski definition) is 3. The van der Waals surface area contributed by atoms with Gasteiger partial charge in [-0.05, 0) is 44.9 Å². The van der Waals surface area contributed by atoms with Crippen LogP contribution in [-0.4, -0.2) is 29.4 Å². The molecular weight excluding hydrogens is 194 g/mol. The number of hydrogen-bond donors (Lipinski definition) is 2. The van der Waals surface area contributed by atoms with Crippen molar-refractivity contribution >= 4 is 6.09 Å². The average Bonchev–Trinajstić information content (AvgIpc) is 2.90. The molecule has 2 saturated carbocycles. The van der Waals surface area contributed by atoms with Gasteiger partial charge in [-0.25, -0.2) is 4.79 Å². The van der Waals surface area contributed by atoms with Gasteiger partial charge in [0.15, 0.2) is 0 Å². The second-order valence-electron chi connectivity index (χ2n) is 5.72. The fraction of sp³-hybridized carbons (Fsp3) is 0.909. The largest absolute Gasteiger partial charge is 0.444 e. The fourth-order valence-corrected chi connectivity index (χ4v) is 2.29. The normalized spacial score (nSPS) is 37.6.